The first-order valence-corrected chi connectivity index (χ1v) is 6.04. The van der Waals surface area contributed by atoms with E-state index in [0.29, 0.717) is 12.1 Å². The second kappa shape index (κ2) is 5.33. The van der Waals surface area contributed by atoms with Gasteiger partial charge in [0.25, 0.3) is 5.91 Å². The minimum absolute atomic E-state index is 0.208. The number of benzene rings is 1. The van der Waals surface area contributed by atoms with Crippen LogP contribution in [0, 0.1) is 17.5 Å². The number of rotatable bonds is 3. The van der Waals surface area contributed by atoms with Crippen molar-refractivity contribution in [1.82, 2.24) is 0 Å². The first-order valence-electron chi connectivity index (χ1n) is 5.17. The van der Waals surface area contributed by atoms with Gasteiger partial charge in [0.15, 0.2) is 11.6 Å². The van der Waals surface area contributed by atoms with E-state index in [0.717, 1.165) is 11.3 Å². The fraction of sp³-hybridized carbons (Fsp3) is 0. The number of carbonyl (C=O) groups is 2. The Morgan fingerprint density at radius 2 is 1.75 bits per heavy atom. The number of amides is 1. The quantitative estimate of drug-likeness (QED) is 0.915. The Bertz CT molecular complexity index is 676. The fourth-order valence-corrected chi connectivity index (χ4v) is 2.27. The monoisotopic (exact) mass is 301 g/mol. The van der Waals surface area contributed by atoms with Crippen molar-refractivity contribution < 1.29 is 27.9 Å². The van der Waals surface area contributed by atoms with E-state index in [1.54, 1.807) is 0 Å². The molecule has 1 aromatic carbocycles. The molecule has 0 bridgehead atoms. The van der Waals surface area contributed by atoms with Crippen molar-refractivity contribution >= 4 is 28.9 Å². The van der Waals surface area contributed by atoms with Crippen LogP contribution in [0.4, 0.5) is 18.9 Å². The molecular weight excluding hydrogens is 295 g/mol. The van der Waals surface area contributed by atoms with E-state index in [-0.39, 0.29) is 10.4 Å². The van der Waals surface area contributed by atoms with E-state index < -0.39 is 35.0 Å². The number of aromatic carboxylic acids is 1. The van der Waals surface area contributed by atoms with E-state index in [2.05, 4.69) is 0 Å². The molecule has 2 rings (SSSR count). The normalized spacial score (nSPS) is 10.3. The SMILES string of the molecule is O=C(O)c1ccsc1C(=O)Nc1c(F)cc(F)cc1F. The van der Waals surface area contributed by atoms with Crippen molar-refractivity contribution in [3.05, 3.63) is 51.5 Å². The van der Waals surface area contributed by atoms with E-state index in [1.807, 2.05) is 5.32 Å². The summed E-state index contributed by atoms with van der Waals surface area (Å²) in [4.78, 5) is 22.4. The maximum Gasteiger partial charge on any atom is 0.337 e. The van der Waals surface area contributed by atoms with Crippen LogP contribution in [0.3, 0.4) is 0 Å². The molecule has 2 N–H and O–H groups in total. The number of hydrogen-bond donors (Lipinski definition) is 2. The molecule has 0 aliphatic heterocycles. The predicted molar refractivity (Wildman–Crippen MR) is 65.5 cm³/mol. The largest absolute Gasteiger partial charge is 0.478 e. The van der Waals surface area contributed by atoms with Gasteiger partial charge < -0.3 is 10.4 Å². The van der Waals surface area contributed by atoms with Crippen molar-refractivity contribution in [3.63, 3.8) is 0 Å². The predicted octanol–water partition coefficient (Wildman–Crippen LogP) is 3.12. The van der Waals surface area contributed by atoms with E-state index in [9.17, 15) is 22.8 Å². The Hall–Kier alpha value is -2.35. The molecule has 0 fully saturated rings. The summed E-state index contributed by atoms with van der Waals surface area (Å²) in [5.74, 6) is -6.02. The van der Waals surface area contributed by atoms with Crippen LogP contribution in [-0.2, 0) is 0 Å². The maximum absolute atomic E-state index is 13.4. The zero-order chi connectivity index (χ0) is 14.9. The molecule has 1 amide bonds. The number of halogens is 3. The number of anilines is 1. The summed E-state index contributed by atoms with van der Waals surface area (Å²) < 4.78 is 39.5. The highest BCUT2D eigenvalue weighted by molar-refractivity contribution is 7.12. The van der Waals surface area contributed by atoms with Crippen molar-refractivity contribution in [1.29, 1.82) is 0 Å². The van der Waals surface area contributed by atoms with E-state index in [4.69, 9.17) is 5.11 Å². The molecule has 0 aliphatic rings. The van der Waals surface area contributed by atoms with E-state index in [1.165, 1.54) is 11.4 Å². The van der Waals surface area contributed by atoms with Gasteiger partial charge in [0, 0.05) is 12.1 Å². The van der Waals surface area contributed by atoms with Crippen LogP contribution in [0.2, 0.25) is 0 Å². The van der Waals surface area contributed by atoms with Gasteiger partial charge in [-0.3, -0.25) is 4.79 Å². The van der Waals surface area contributed by atoms with Crippen LogP contribution in [0.25, 0.3) is 0 Å². The molecule has 20 heavy (non-hydrogen) atoms. The maximum atomic E-state index is 13.4. The Morgan fingerprint density at radius 1 is 1.15 bits per heavy atom. The molecule has 0 spiro atoms. The lowest BCUT2D eigenvalue weighted by Gasteiger charge is -2.07. The summed E-state index contributed by atoms with van der Waals surface area (Å²) in [5, 5.41) is 12.1. The smallest absolute Gasteiger partial charge is 0.337 e. The summed E-state index contributed by atoms with van der Waals surface area (Å²) in [7, 11) is 0. The summed E-state index contributed by atoms with van der Waals surface area (Å²) in [5.41, 5.74) is -1.11. The standard InChI is InChI=1S/C12H6F3NO3S/c13-5-3-7(14)9(8(15)4-5)16-11(17)10-6(12(18)19)1-2-20-10/h1-4H,(H,16,17)(H,18,19). The Kier molecular flexibility index (Phi) is 3.75. The molecule has 0 atom stereocenters. The summed E-state index contributed by atoms with van der Waals surface area (Å²) in [6, 6.07) is 2.01. The number of hydrogen-bond acceptors (Lipinski definition) is 3. The molecule has 0 radical (unpaired) electrons. The fourth-order valence-electron chi connectivity index (χ4n) is 1.49. The third-order valence-electron chi connectivity index (χ3n) is 2.35. The highest BCUT2D eigenvalue weighted by atomic mass is 32.1. The van der Waals surface area contributed by atoms with Crippen LogP contribution in [0.15, 0.2) is 23.6 Å². The topological polar surface area (TPSA) is 66.4 Å². The molecule has 2 aromatic rings. The van der Waals surface area contributed by atoms with Crippen molar-refractivity contribution in [3.8, 4) is 0 Å². The van der Waals surface area contributed by atoms with Gasteiger partial charge >= 0.3 is 5.97 Å². The molecule has 8 heteroatoms. The minimum Gasteiger partial charge on any atom is -0.478 e. The first-order chi connectivity index (χ1) is 9.40. The lowest BCUT2D eigenvalue weighted by molar-refractivity contribution is 0.0693. The summed E-state index contributed by atoms with van der Waals surface area (Å²) in [6.45, 7) is 0. The van der Waals surface area contributed by atoms with Gasteiger partial charge in [-0.1, -0.05) is 0 Å². The molecule has 104 valence electrons. The molecule has 1 heterocycles. The number of thiophene rings is 1. The number of carboxylic acid groups (broad SMARTS) is 1. The number of carboxylic acids is 1. The lowest BCUT2D eigenvalue weighted by atomic mass is 10.2. The van der Waals surface area contributed by atoms with Gasteiger partial charge in [-0.15, -0.1) is 11.3 Å². The van der Waals surface area contributed by atoms with Gasteiger partial charge in [-0.05, 0) is 11.4 Å². The first kappa shape index (κ1) is 14.1. The Labute approximate surface area is 114 Å². The average molecular weight is 301 g/mol. The second-order valence-electron chi connectivity index (χ2n) is 3.67. The van der Waals surface area contributed by atoms with Crippen LogP contribution >= 0.6 is 11.3 Å². The van der Waals surface area contributed by atoms with Gasteiger partial charge in [-0.2, -0.15) is 0 Å². The molecule has 0 saturated carbocycles. The molecular formula is C12H6F3NO3S. The van der Waals surface area contributed by atoms with Crippen molar-refractivity contribution in [2.24, 2.45) is 0 Å². The Balaban J connectivity index is 2.33. The summed E-state index contributed by atoms with van der Waals surface area (Å²) in [6.07, 6.45) is 0. The summed E-state index contributed by atoms with van der Waals surface area (Å²) >= 11 is 0.808. The van der Waals surface area contributed by atoms with Crippen LogP contribution in [-0.4, -0.2) is 17.0 Å². The molecule has 1 aromatic heterocycles. The lowest BCUT2D eigenvalue weighted by Crippen LogP contribution is -2.16. The van der Waals surface area contributed by atoms with Crippen LogP contribution in [0.1, 0.15) is 20.0 Å². The molecule has 0 unspecified atom stereocenters. The molecule has 0 saturated heterocycles. The third-order valence-corrected chi connectivity index (χ3v) is 3.26. The average Bonchev–Trinajstić information content (AvgIpc) is 2.82. The minimum atomic E-state index is -1.34. The van der Waals surface area contributed by atoms with Crippen molar-refractivity contribution in [2.75, 3.05) is 5.32 Å². The van der Waals surface area contributed by atoms with Crippen LogP contribution in [0.5, 0.6) is 0 Å². The van der Waals surface area contributed by atoms with Gasteiger partial charge in [0.2, 0.25) is 0 Å². The van der Waals surface area contributed by atoms with E-state index >= 15 is 0 Å². The van der Waals surface area contributed by atoms with Gasteiger partial charge in [-0.25, -0.2) is 18.0 Å². The van der Waals surface area contributed by atoms with Crippen LogP contribution < -0.4 is 5.32 Å². The Morgan fingerprint density at radius 3 is 2.30 bits per heavy atom. The molecule has 0 aliphatic carbocycles. The highest BCUT2D eigenvalue weighted by Gasteiger charge is 2.21. The zero-order valence-corrected chi connectivity index (χ0v) is 10.4. The molecule has 4 nitrogen and oxygen atoms in total. The second-order valence-corrected chi connectivity index (χ2v) is 4.58. The zero-order valence-electron chi connectivity index (χ0n) is 9.62. The number of nitrogens with one attached hydrogen (secondary N) is 1. The van der Waals surface area contributed by atoms with Crippen molar-refractivity contribution in [2.45, 2.75) is 0 Å². The third kappa shape index (κ3) is 2.64. The van der Waals surface area contributed by atoms with Gasteiger partial charge in [0.1, 0.15) is 16.4 Å². The highest BCUT2D eigenvalue weighted by Crippen LogP contribution is 2.23. The number of carbonyl (C=O) groups excluding carboxylic acids is 1. The van der Waals surface area contributed by atoms with Gasteiger partial charge in [0.05, 0.1) is 5.56 Å².